The SMILES string of the molecule is CC1(C)CCC(CCCOc2cccc(S(=O)(=O)NC(=O)c3ccc(-n4ccc(OCCC5(C)CC5)n4)nc3Cl)n2)C1.CC1(CCOc2ccn(-c3ccc4c(n3)N3C(CCCOc5cccc(n5)S(=O)(=O)NC4=O)CCC3(C)C)n2)CC1. The maximum Gasteiger partial charge on any atom is 0.281 e. The van der Waals surface area contributed by atoms with Crippen LogP contribution >= 0.6 is 11.6 Å². The van der Waals surface area contributed by atoms with E-state index in [9.17, 15) is 26.4 Å². The molecule has 6 aromatic heterocycles. The monoisotopic (exact) mass is 1200 g/mol. The molecule has 5 aliphatic rings. The van der Waals surface area contributed by atoms with Crippen molar-refractivity contribution in [1.29, 1.82) is 0 Å². The summed E-state index contributed by atoms with van der Waals surface area (Å²) < 4.78 is 82.6. The number of hydrogen-bond donors (Lipinski definition) is 2. The van der Waals surface area contributed by atoms with Gasteiger partial charge in [-0.2, -0.15) is 26.8 Å². The zero-order valence-electron chi connectivity index (χ0n) is 48.0. The number of carbonyl (C=O) groups is 2. The smallest absolute Gasteiger partial charge is 0.281 e. The van der Waals surface area contributed by atoms with Crippen LogP contribution < -0.4 is 33.3 Å². The van der Waals surface area contributed by atoms with E-state index in [1.54, 1.807) is 59.5 Å². The molecule has 6 aromatic rings. The Labute approximate surface area is 490 Å². The van der Waals surface area contributed by atoms with Crippen LogP contribution in [0.2, 0.25) is 5.15 Å². The van der Waals surface area contributed by atoms with Crippen molar-refractivity contribution >= 4 is 49.3 Å². The van der Waals surface area contributed by atoms with Crippen molar-refractivity contribution in [2.75, 3.05) is 31.3 Å². The number of hydrogen-bond acceptors (Lipinski definition) is 17. The number of fused-ring (bicyclic) bond motifs is 5. The lowest BCUT2D eigenvalue weighted by Gasteiger charge is -2.38. The number of rotatable bonds is 18. The Bertz CT molecular complexity index is 3560. The third kappa shape index (κ3) is 14.9. The molecule has 2 amide bonds. The number of sulfonamides is 2. The molecule has 0 aromatic carbocycles. The molecular formula is C59H74ClN11O10S2. The molecule has 3 saturated carbocycles. The fourth-order valence-corrected chi connectivity index (χ4v) is 13.1. The van der Waals surface area contributed by atoms with Gasteiger partial charge in [-0.05, 0) is 169 Å². The van der Waals surface area contributed by atoms with E-state index in [1.807, 2.05) is 4.72 Å². The molecule has 24 heteroatoms. The molecule has 2 atom stereocenters. The molecule has 2 N–H and O–H groups in total. The molecule has 8 heterocycles. The van der Waals surface area contributed by atoms with E-state index in [4.69, 9.17) is 35.5 Å². The topological polar surface area (TPSA) is 254 Å². The normalized spacial score (nSPS) is 20.7. The lowest BCUT2D eigenvalue weighted by Crippen LogP contribution is -2.45. The quantitative estimate of drug-likeness (QED) is 0.0599. The van der Waals surface area contributed by atoms with Crippen LogP contribution in [0.4, 0.5) is 5.82 Å². The van der Waals surface area contributed by atoms with Crippen LogP contribution in [0.1, 0.15) is 159 Å². The van der Waals surface area contributed by atoms with E-state index < -0.39 is 31.9 Å². The number of anilines is 1. The van der Waals surface area contributed by atoms with Crippen molar-refractivity contribution in [2.24, 2.45) is 22.2 Å². The van der Waals surface area contributed by atoms with Crippen LogP contribution in [0.25, 0.3) is 11.6 Å². The van der Waals surface area contributed by atoms with Crippen LogP contribution in [0.15, 0.2) is 95.2 Å². The molecule has 21 nitrogen and oxygen atoms in total. The van der Waals surface area contributed by atoms with Gasteiger partial charge in [0.2, 0.25) is 23.5 Å². The summed E-state index contributed by atoms with van der Waals surface area (Å²) in [4.78, 5) is 46.0. The van der Waals surface area contributed by atoms with Crippen LogP contribution in [0, 0.1) is 22.2 Å². The van der Waals surface area contributed by atoms with Crippen molar-refractivity contribution < 1.29 is 45.4 Å². The molecule has 1 saturated heterocycles. The van der Waals surface area contributed by atoms with Crippen molar-refractivity contribution in [2.45, 2.75) is 159 Å². The third-order valence-electron chi connectivity index (χ3n) is 16.6. The Morgan fingerprint density at radius 3 is 2.05 bits per heavy atom. The number of aromatic nitrogens is 8. The Kier molecular flexibility index (Phi) is 17.2. The molecular weight excluding hydrogens is 1120 g/mol. The molecule has 11 rings (SSSR count). The predicted octanol–water partition coefficient (Wildman–Crippen LogP) is 10.3. The molecule has 4 fully saturated rings. The van der Waals surface area contributed by atoms with E-state index in [2.05, 4.69) is 76.3 Å². The van der Waals surface area contributed by atoms with Crippen LogP contribution in [0.5, 0.6) is 23.5 Å². The molecule has 444 valence electrons. The van der Waals surface area contributed by atoms with Gasteiger partial charge >= 0.3 is 0 Å². The van der Waals surface area contributed by atoms with E-state index >= 15 is 0 Å². The van der Waals surface area contributed by atoms with Crippen LogP contribution in [-0.4, -0.2) is 106 Å². The summed E-state index contributed by atoms with van der Waals surface area (Å²) in [5.74, 6) is 1.63. The van der Waals surface area contributed by atoms with Crippen molar-refractivity contribution in [3.63, 3.8) is 0 Å². The van der Waals surface area contributed by atoms with Gasteiger partial charge in [-0.15, -0.1) is 10.2 Å². The zero-order valence-corrected chi connectivity index (χ0v) is 50.4. The number of halogens is 1. The Morgan fingerprint density at radius 2 is 1.40 bits per heavy atom. The summed E-state index contributed by atoms with van der Waals surface area (Å²) in [5.41, 5.74) is 0.947. The second kappa shape index (κ2) is 24.0. The largest absolute Gasteiger partial charge is 0.478 e. The van der Waals surface area contributed by atoms with Crippen molar-refractivity contribution in [3.05, 3.63) is 101 Å². The first-order valence-electron chi connectivity index (χ1n) is 28.6. The van der Waals surface area contributed by atoms with E-state index in [1.165, 1.54) is 80.0 Å². The fourth-order valence-electron chi connectivity index (χ4n) is 11.0. The van der Waals surface area contributed by atoms with Gasteiger partial charge < -0.3 is 23.8 Å². The molecule has 2 unspecified atom stereocenters. The van der Waals surface area contributed by atoms with Gasteiger partial charge in [0.15, 0.2) is 21.7 Å². The molecule has 2 aliphatic heterocycles. The number of amides is 2. The maximum atomic E-state index is 13.6. The Morgan fingerprint density at radius 1 is 0.747 bits per heavy atom. The first kappa shape index (κ1) is 59.3. The second-order valence-electron chi connectivity index (χ2n) is 24.7. The van der Waals surface area contributed by atoms with Gasteiger partial charge in [-0.1, -0.05) is 51.4 Å². The van der Waals surface area contributed by atoms with E-state index in [0.717, 1.165) is 51.4 Å². The van der Waals surface area contributed by atoms with Crippen LogP contribution in [0.3, 0.4) is 0 Å². The number of nitrogens with one attached hydrogen (secondary N) is 2. The Balaban J connectivity index is 0.000000185. The van der Waals surface area contributed by atoms with Gasteiger partial charge in [0.05, 0.1) is 37.6 Å². The maximum absolute atomic E-state index is 13.6. The first-order valence-corrected chi connectivity index (χ1v) is 32.0. The fraction of sp³-hybridized carbons (Fsp3) is 0.525. The van der Waals surface area contributed by atoms with Gasteiger partial charge in [0.25, 0.3) is 31.9 Å². The summed E-state index contributed by atoms with van der Waals surface area (Å²) in [6, 6.07) is 18.7. The molecule has 3 aliphatic carbocycles. The summed E-state index contributed by atoms with van der Waals surface area (Å²) in [6.45, 7) is 15.4. The highest BCUT2D eigenvalue weighted by Gasteiger charge is 2.43. The average molecular weight is 1200 g/mol. The second-order valence-corrected chi connectivity index (χ2v) is 28.3. The molecule has 2 bridgehead atoms. The van der Waals surface area contributed by atoms with Crippen molar-refractivity contribution in [3.8, 4) is 35.2 Å². The Hall–Kier alpha value is -6.85. The number of ether oxygens (including phenoxy) is 4. The average Bonchev–Trinajstić information content (AvgIpc) is 3.59. The van der Waals surface area contributed by atoms with Gasteiger partial charge in [-0.3, -0.25) is 9.59 Å². The first-order chi connectivity index (χ1) is 39.4. The summed E-state index contributed by atoms with van der Waals surface area (Å²) in [5, 5.41) is 8.13. The lowest BCUT2D eigenvalue weighted by atomic mass is 9.89. The summed E-state index contributed by atoms with van der Waals surface area (Å²) in [6.07, 6.45) is 19.3. The molecule has 0 radical (unpaired) electrons. The third-order valence-corrected chi connectivity index (χ3v) is 19.4. The minimum atomic E-state index is -4.29. The standard InChI is InChI=1S/C30H38ClN5O5S.C29H36N6O5S/c1-29(2)13-11-21(20-29)6-5-18-40-24-7-4-8-26(33-24)42(38,39)35-28(37)22-9-10-23(32-27(22)31)36-17-12-25(34-36)41-19-16-30(3)14-15-30;1-28(2)13-11-20-6-5-18-39-23-7-4-8-25(31-23)41(37,38)33-27(36)21-9-10-22(30-26(21)35(20)28)34-17-12-24(32-34)40-19-16-29(3)14-15-29/h4,7-10,12,17,21H,5-6,11,13-16,18-20H2,1-3H3,(H,35,37);4,7-10,12,17,20H,5-6,11,13-16,18-19H2,1-3H3,(H,33,36). The minimum absolute atomic E-state index is 0.0852. The van der Waals surface area contributed by atoms with E-state index in [-0.39, 0.29) is 49.7 Å². The number of pyridine rings is 4. The lowest BCUT2D eigenvalue weighted by molar-refractivity contribution is 0.0972. The highest BCUT2D eigenvalue weighted by atomic mass is 35.5. The molecule has 0 spiro atoms. The highest BCUT2D eigenvalue weighted by Crippen LogP contribution is 2.49. The van der Waals surface area contributed by atoms with E-state index in [0.29, 0.717) is 77.8 Å². The van der Waals surface area contributed by atoms with Crippen LogP contribution in [-0.2, 0) is 20.0 Å². The highest BCUT2D eigenvalue weighted by molar-refractivity contribution is 7.90. The zero-order chi connectivity index (χ0) is 58.8. The summed E-state index contributed by atoms with van der Waals surface area (Å²) in [7, 11) is -8.55. The van der Waals surface area contributed by atoms with Crippen molar-refractivity contribution in [1.82, 2.24) is 48.9 Å². The van der Waals surface area contributed by atoms with Gasteiger partial charge in [0, 0.05) is 48.2 Å². The predicted molar refractivity (Wildman–Crippen MR) is 311 cm³/mol. The van der Waals surface area contributed by atoms with Gasteiger partial charge in [-0.25, -0.2) is 28.8 Å². The number of nitrogens with zero attached hydrogens (tertiary/aromatic N) is 9. The molecule has 83 heavy (non-hydrogen) atoms. The summed E-state index contributed by atoms with van der Waals surface area (Å²) >= 11 is 6.28. The number of carbonyl (C=O) groups excluding carboxylic acids is 2. The van der Waals surface area contributed by atoms with Gasteiger partial charge in [0.1, 0.15) is 11.0 Å². The minimum Gasteiger partial charge on any atom is -0.478 e.